The second-order valence-electron chi connectivity index (χ2n) is 10.4. The van der Waals surface area contributed by atoms with E-state index in [4.69, 9.17) is 5.73 Å². The SMILES string of the molecule is NC(=O)CN1CCC(n2cc(-c3c(F)cnc4ccc(N5C[C@@H](F)C[C@@H]5c5cc(F)ccc5F)nc34)cn2)CC1. The smallest absolute Gasteiger partial charge is 0.231 e. The summed E-state index contributed by atoms with van der Waals surface area (Å²) in [5, 5.41) is 4.48. The molecule has 0 spiro atoms. The molecule has 0 unspecified atom stereocenters. The fraction of sp³-hybridized carbons (Fsp3) is 0.357. The van der Waals surface area contributed by atoms with E-state index >= 15 is 4.39 Å². The maximum atomic E-state index is 15.3. The number of nitrogens with zero attached hydrogens (tertiary/aromatic N) is 6. The van der Waals surface area contributed by atoms with Gasteiger partial charge in [0, 0.05) is 36.8 Å². The van der Waals surface area contributed by atoms with Crippen LogP contribution < -0.4 is 10.6 Å². The number of primary amides is 1. The molecule has 0 radical (unpaired) electrons. The van der Waals surface area contributed by atoms with Crippen molar-refractivity contribution >= 4 is 22.8 Å². The summed E-state index contributed by atoms with van der Waals surface area (Å²) in [7, 11) is 0. The summed E-state index contributed by atoms with van der Waals surface area (Å²) < 4.78 is 60.3. The lowest BCUT2D eigenvalue weighted by atomic mass is 10.0. The summed E-state index contributed by atoms with van der Waals surface area (Å²) in [6.45, 7) is 1.53. The highest BCUT2D eigenvalue weighted by Gasteiger charge is 2.36. The molecule has 12 heteroatoms. The Morgan fingerprint density at radius 3 is 2.62 bits per heavy atom. The third-order valence-electron chi connectivity index (χ3n) is 7.71. The van der Waals surface area contributed by atoms with Crippen molar-refractivity contribution in [1.29, 1.82) is 0 Å². The molecule has 4 aromatic rings. The molecule has 2 N–H and O–H groups in total. The van der Waals surface area contributed by atoms with E-state index < -0.39 is 29.7 Å². The van der Waals surface area contributed by atoms with Gasteiger partial charge in [0.1, 0.15) is 29.1 Å². The molecule has 5 heterocycles. The van der Waals surface area contributed by atoms with Gasteiger partial charge in [0.15, 0.2) is 5.82 Å². The van der Waals surface area contributed by atoms with Crippen molar-refractivity contribution < 1.29 is 22.4 Å². The lowest BCUT2D eigenvalue weighted by molar-refractivity contribution is -0.119. The Hall–Kier alpha value is -4.06. The first-order chi connectivity index (χ1) is 19.3. The first-order valence-electron chi connectivity index (χ1n) is 13.1. The molecule has 2 atom stereocenters. The molecule has 0 aliphatic carbocycles. The molecule has 1 amide bonds. The second-order valence-corrected chi connectivity index (χ2v) is 10.4. The van der Waals surface area contributed by atoms with E-state index in [0.717, 1.165) is 37.2 Å². The van der Waals surface area contributed by atoms with Crippen molar-refractivity contribution in [3.63, 3.8) is 0 Å². The fourth-order valence-corrected chi connectivity index (χ4v) is 5.80. The van der Waals surface area contributed by atoms with Crippen LogP contribution in [0.3, 0.4) is 0 Å². The normalized spacial score (nSPS) is 20.4. The molecule has 1 aromatic carbocycles. The fourth-order valence-electron chi connectivity index (χ4n) is 5.80. The number of fused-ring (bicyclic) bond motifs is 1. The van der Waals surface area contributed by atoms with E-state index in [1.807, 2.05) is 4.90 Å². The summed E-state index contributed by atoms with van der Waals surface area (Å²) in [5.41, 5.74) is 6.74. The van der Waals surface area contributed by atoms with E-state index in [1.165, 1.54) is 0 Å². The highest BCUT2D eigenvalue weighted by Crippen LogP contribution is 2.39. The van der Waals surface area contributed by atoms with Gasteiger partial charge >= 0.3 is 0 Å². The Balaban J connectivity index is 1.33. The van der Waals surface area contributed by atoms with Crippen molar-refractivity contribution in [2.45, 2.75) is 37.5 Å². The average Bonchev–Trinajstić information content (AvgIpc) is 3.57. The topological polar surface area (TPSA) is 93.2 Å². The summed E-state index contributed by atoms with van der Waals surface area (Å²) >= 11 is 0. The molecule has 0 saturated carbocycles. The Morgan fingerprint density at radius 1 is 1.05 bits per heavy atom. The molecule has 6 rings (SSSR count). The highest BCUT2D eigenvalue weighted by molar-refractivity contribution is 5.92. The predicted molar refractivity (Wildman–Crippen MR) is 141 cm³/mol. The average molecular weight is 554 g/mol. The van der Waals surface area contributed by atoms with Gasteiger partial charge in [0.25, 0.3) is 0 Å². The van der Waals surface area contributed by atoms with Crippen LogP contribution >= 0.6 is 0 Å². The quantitative estimate of drug-likeness (QED) is 0.358. The number of carbonyl (C=O) groups is 1. The first kappa shape index (κ1) is 26.2. The van der Waals surface area contributed by atoms with Crippen molar-refractivity contribution in [2.75, 3.05) is 31.1 Å². The van der Waals surface area contributed by atoms with Gasteiger partial charge in [0.05, 0.1) is 48.6 Å². The Bertz CT molecular complexity index is 1570. The summed E-state index contributed by atoms with van der Waals surface area (Å²) in [6, 6.07) is 5.70. The zero-order chi connectivity index (χ0) is 28.0. The standard InChI is InChI=1S/C28H27F4N7O/c29-17-1-2-21(31)20(9-17)24-10-18(30)14-38(24)26-4-3-23-28(36-26)27(22(32)12-34-23)16-11-35-39(13-16)19-5-7-37(8-6-19)15-25(33)40/h1-4,9,11-13,18-19,24H,5-8,10,14-15H2,(H2,33,40)/t18-,24+/m0/s1. The van der Waals surface area contributed by atoms with Crippen LogP contribution in [-0.4, -0.2) is 62.9 Å². The monoisotopic (exact) mass is 553 g/mol. The van der Waals surface area contributed by atoms with Gasteiger partial charge < -0.3 is 10.6 Å². The van der Waals surface area contributed by atoms with E-state index in [2.05, 4.69) is 15.1 Å². The number of piperidine rings is 1. The zero-order valence-electron chi connectivity index (χ0n) is 21.5. The number of hydrogen-bond acceptors (Lipinski definition) is 6. The number of aromatic nitrogens is 4. The van der Waals surface area contributed by atoms with Gasteiger partial charge in [-0.25, -0.2) is 22.5 Å². The Morgan fingerprint density at radius 2 is 1.85 bits per heavy atom. The minimum Gasteiger partial charge on any atom is -0.369 e. The maximum absolute atomic E-state index is 15.3. The zero-order valence-corrected chi connectivity index (χ0v) is 21.5. The Kier molecular flexibility index (Phi) is 6.87. The van der Waals surface area contributed by atoms with Crippen LogP contribution in [0.2, 0.25) is 0 Å². The second kappa shape index (κ2) is 10.5. The van der Waals surface area contributed by atoms with Gasteiger partial charge in [-0.3, -0.25) is 19.4 Å². The number of benzene rings is 1. The van der Waals surface area contributed by atoms with Gasteiger partial charge in [-0.2, -0.15) is 5.10 Å². The van der Waals surface area contributed by atoms with Crippen LogP contribution in [0.5, 0.6) is 0 Å². The molecule has 2 saturated heterocycles. The summed E-state index contributed by atoms with van der Waals surface area (Å²) in [4.78, 5) is 23.6. The van der Waals surface area contributed by atoms with Crippen molar-refractivity contribution in [3.8, 4) is 11.1 Å². The number of likely N-dealkylation sites (tertiary alicyclic amines) is 1. The van der Waals surface area contributed by atoms with Crippen LogP contribution in [0, 0.1) is 17.5 Å². The molecule has 3 aromatic heterocycles. The largest absolute Gasteiger partial charge is 0.369 e. The molecule has 8 nitrogen and oxygen atoms in total. The molecule has 208 valence electrons. The number of pyridine rings is 2. The summed E-state index contributed by atoms with van der Waals surface area (Å²) in [5.74, 6) is -1.90. The maximum Gasteiger partial charge on any atom is 0.231 e. The number of halogens is 4. The van der Waals surface area contributed by atoms with Gasteiger partial charge in [-0.1, -0.05) is 0 Å². The molecule has 2 aliphatic heterocycles. The van der Waals surface area contributed by atoms with E-state index in [9.17, 15) is 18.0 Å². The third kappa shape index (κ3) is 4.99. The highest BCUT2D eigenvalue weighted by atomic mass is 19.1. The molecular weight excluding hydrogens is 526 g/mol. The lowest BCUT2D eigenvalue weighted by Crippen LogP contribution is -2.40. The number of rotatable bonds is 6. The van der Waals surface area contributed by atoms with Gasteiger partial charge in [-0.15, -0.1) is 0 Å². The number of anilines is 1. The van der Waals surface area contributed by atoms with Crippen LogP contribution in [-0.2, 0) is 4.79 Å². The van der Waals surface area contributed by atoms with Crippen molar-refractivity contribution in [2.24, 2.45) is 5.73 Å². The van der Waals surface area contributed by atoms with Crippen molar-refractivity contribution in [3.05, 3.63) is 71.9 Å². The molecule has 0 bridgehead atoms. The number of carbonyl (C=O) groups excluding carboxylic acids is 1. The summed E-state index contributed by atoms with van der Waals surface area (Å²) in [6.07, 6.45) is 4.67. The van der Waals surface area contributed by atoms with Crippen LogP contribution in [0.4, 0.5) is 23.4 Å². The first-order valence-corrected chi connectivity index (χ1v) is 13.1. The lowest BCUT2D eigenvalue weighted by Gasteiger charge is -2.31. The van der Waals surface area contributed by atoms with Crippen LogP contribution in [0.15, 0.2) is 48.9 Å². The number of nitrogens with two attached hydrogens (primary N) is 1. The van der Waals surface area contributed by atoms with Gasteiger partial charge in [-0.05, 0) is 43.2 Å². The Labute approximate surface area is 227 Å². The predicted octanol–water partition coefficient (Wildman–Crippen LogP) is 4.32. The molecular formula is C28H27F4N7O. The van der Waals surface area contributed by atoms with Crippen LogP contribution in [0.25, 0.3) is 22.2 Å². The number of alkyl halides is 1. The molecule has 40 heavy (non-hydrogen) atoms. The number of amides is 1. The minimum absolute atomic E-state index is 0.0284. The minimum atomic E-state index is -1.28. The number of hydrogen-bond donors (Lipinski definition) is 1. The van der Waals surface area contributed by atoms with Crippen molar-refractivity contribution in [1.82, 2.24) is 24.6 Å². The van der Waals surface area contributed by atoms with E-state index in [-0.39, 0.29) is 48.1 Å². The third-order valence-corrected chi connectivity index (χ3v) is 7.71. The molecule has 2 aliphatic rings. The van der Waals surface area contributed by atoms with Crippen LogP contribution in [0.1, 0.15) is 36.9 Å². The molecule has 2 fully saturated rings. The van der Waals surface area contributed by atoms with E-state index in [1.54, 1.807) is 34.1 Å². The van der Waals surface area contributed by atoms with E-state index in [0.29, 0.717) is 30.0 Å². The van der Waals surface area contributed by atoms with Gasteiger partial charge in [0.2, 0.25) is 5.91 Å².